The molecule has 0 bridgehead atoms. The van der Waals surface area contributed by atoms with Crippen molar-refractivity contribution in [3.05, 3.63) is 168 Å². The number of ether oxygens (including phenoxy) is 1. The summed E-state index contributed by atoms with van der Waals surface area (Å²) in [7, 11) is 0. The monoisotopic (exact) mass is 545 g/mol. The van der Waals surface area contributed by atoms with E-state index < -0.39 is 0 Å². The number of benzene rings is 6. The number of carbonyl (C=O) groups excluding carboxylic acids is 1. The minimum Gasteiger partial charge on any atom is -0.496 e. The Hall–Kier alpha value is -5.41. The minimum absolute atomic E-state index is 0.351. The van der Waals surface area contributed by atoms with Gasteiger partial charge in [0.1, 0.15) is 12.9 Å². The summed E-state index contributed by atoms with van der Waals surface area (Å²) in [6.45, 7) is 2.46. The predicted molar refractivity (Wildman–Crippen MR) is 174 cm³/mol. The number of rotatable bonds is 9. The second-order valence-electron chi connectivity index (χ2n) is 10.3. The maximum Gasteiger partial charge on any atom is 0.150 e. The predicted octanol–water partition coefficient (Wildman–Crippen LogP) is 10.3. The van der Waals surface area contributed by atoms with Crippen LogP contribution in [0.25, 0.3) is 28.0 Å². The average Bonchev–Trinajstić information content (AvgIpc) is 3.05. The number of carbonyl (C=O) groups is 1. The van der Waals surface area contributed by atoms with Crippen LogP contribution in [0.5, 0.6) is 0 Å². The fourth-order valence-corrected chi connectivity index (χ4v) is 5.11. The highest BCUT2D eigenvalue weighted by Gasteiger charge is 2.13. The molecule has 3 nitrogen and oxygen atoms in total. The Kier molecular flexibility index (Phi) is 7.91. The van der Waals surface area contributed by atoms with Gasteiger partial charge in [-0.25, -0.2) is 0 Å². The van der Waals surface area contributed by atoms with Crippen molar-refractivity contribution >= 4 is 40.2 Å². The first kappa shape index (κ1) is 26.8. The average molecular weight is 546 g/mol. The van der Waals surface area contributed by atoms with Crippen LogP contribution in [-0.2, 0) is 11.3 Å². The van der Waals surface area contributed by atoms with Crippen LogP contribution in [-0.4, -0.2) is 6.29 Å². The highest BCUT2D eigenvalue weighted by atomic mass is 16.5. The van der Waals surface area contributed by atoms with Gasteiger partial charge in [0.25, 0.3) is 0 Å². The molecule has 0 fully saturated rings. The lowest BCUT2D eigenvalue weighted by Crippen LogP contribution is -2.09. The SMILES string of the molecule is Cc1ccc(N(c2ccc(-c3ccccc3)cc2)c2ccc3cc(C=COCc4ccccc4C=O)ccc3c2)cc1. The molecule has 42 heavy (non-hydrogen) atoms. The van der Waals surface area contributed by atoms with Crippen molar-refractivity contribution < 1.29 is 9.53 Å². The molecule has 6 rings (SSSR count). The standard InChI is InChI=1S/C39H31NO2/c1-29-11-18-37(19-12-29)40(38-20-15-32(16-21-38)31-7-3-2-4-8-31)39-22-17-33-25-30(13-14-34(33)26-39)23-24-42-28-36-10-6-5-9-35(36)27-41/h2-27H,28H2,1H3. The maximum absolute atomic E-state index is 11.2. The summed E-state index contributed by atoms with van der Waals surface area (Å²) in [6, 6.07) is 48.3. The van der Waals surface area contributed by atoms with E-state index in [0.717, 1.165) is 45.2 Å². The van der Waals surface area contributed by atoms with Crippen LogP contribution in [0.1, 0.15) is 27.0 Å². The second kappa shape index (κ2) is 12.4. The van der Waals surface area contributed by atoms with Gasteiger partial charge < -0.3 is 9.64 Å². The molecule has 0 aliphatic rings. The topological polar surface area (TPSA) is 29.5 Å². The van der Waals surface area contributed by atoms with Gasteiger partial charge in [-0.15, -0.1) is 0 Å². The van der Waals surface area contributed by atoms with Crippen molar-refractivity contribution in [3.8, 4) is 11.1 Å². The van der Waals surface area contributed by atoms with E-state index in [1.165, 1.54) is 16.7 Å². The Morgan fingerprint density at radius 2 is 1.24 bits per heavy atom. The van der Waals surface area contributed by atoms with E-state index in [2.05, 4.69) is 121 Å². The Labute approximate surface area is 247 Å². The normalized spacial score (nSPS) is 11.1. The van der Waals surface area contributed by atoms with E-state index in [1.807, 2.05) is 30.3 Å². The highest BCUT2D eigenvalue weighted by molar-refractivity contribution is 5.90. The first-order chi connectivity index (χ1) is 20.7. The number of aldehydes is 1. The van der Waals surface area contributed by atoms with Gasteiger partial charge in [0.15, 0.2) is 0 Å². The summed E-state index contributed by atoms with van der Waals surface area (Å²) < 4.78 is 5.73. The van der Waals surface area contributed by atoms with Gasteiger partial charge in [-0.2, -0.15) is 0 Å². The fraction of sp³-hybridized carbons (Fsp3) is 0.0513. The highest BCUT2D eigenvalue weighted by Crippen LogP contribution is 2.37. The number of anilines is 3. The molecule has 0 aliphatic heterocycles. The summed E-state index contributed by atoms with van der Waals surface area (Å²) >= 11 is 0. The first-order valence-corrected chi connectivity index (χ1v) is 14.1. The van der Waals surface area contributed by atoms with Crippen LogP contribution in [0.3, 0.4) is 0 Å². The van der Waals surface area contributed by atoms with Gasteiger partial charge in [0, 0.05) is 22.6 Å². The van der Waals surface area contributed by atoms with Crippen LogP contribution < -0.4 is 4.90 Å². The molecule has 0 spiro atoms. The molecule has 6 aromatic carbocycles. The van der Waals surface area contributed by atoms with E-state index in [9.17, 15) is 4.79 Å². The van der Waals surface area contributed by atoms with E-state index in [-0.39, 0.29) is 0 Å². The van der Waals surface area contributed by atoms with Crippen molar-refractivity contribution in [1.82, 2.24) is 0 Å². The summed E-state index contributed by atoms with van der Waals surface area (Å²) in [5.74, 6) is 0. The van der Waals surface area contributed by atoms with Gasteiger partial charge in [-0.05, 0) is 88.5 Å². The number of fused-ring (bicyclic) bond motifs is 1. The molecule has 204 valence electrons. The van der Waals surface area contributed by atoms with E-state index in [4.69, 9.17) is 4.74 Å². The molecule has 0 heterocycles. The molecule has 0 N–H and O–H groups in total. The quantitative estimate of drug-likeness (QED) is 0.134. The molecule has 0 aromatic heterocycles. The smallest absolute Gasteiger partial charge is 0.150 e. The summed E-state index contributed by atoms with van der Waals surface area (Å²) in [6.07, 6.45) is 4.50. The molecule has 0 saturated carbocycles. The molecule has 0 atom stereocenters. The van der Waals surface area contributed by atoms with Gasteiger partial charge in [-0.1, -0.05) is 103 Å². The Balaban J connectivity index is 1.26. The molecule has 0 radical (unpaired) electrons. The molecule has 0 aliphatic carbocycles. The fourth-order valence-electron chi connectivity index (χ4n) is 5.11. The Morgan fingerprint density at radius 3 is 2.00 bits per heavy atom. The molecule has 3 heteroatoms. The summed E-state index contributed by atoms with van der Waals surface area (Å²) in [5.41, 5.74) is 9.51. The van der Waals surface area contributed by atoms with Gasteiger partial charge in [0.2, 0.25) is 0 Å². The number of nitrogens with zero attached hydrogens (tertiary/aromatic N) is 1. The third-order valence-electron chi connectivity index (χ3n) is 7.41. The van der Waals surface area contributed by atoms with Crippen LogP contribution in [0.4, 0.5) is 17.1 Å². The minimum atomic E-state index is 0.351. The lowest BCUT2D eigenvalue weighted by atomic mass is 10.0. The molecule has 6 aromatic rings. The van der Waals surface area contributed by atoms with E-state index in [1.54, 1.807) is 12.3 Å². The van der Waals surface area contributed by atoms with Crippen molar-refractivity contribution in [2.75, 3.05) is 4.90 Å². The Bertz CT molecular complexity index is 1840. The van der Waals surface area contributed by atoms with E-state index >= 15 is 0 Å². The van der Waals surface area contributed by atoms with Crippen LogP contribution >= 0.6 is 0 Å². The number of hydrogen-bond acceptors (Lipinski definition) is 3. The van der Waals surface area contributed by atoms with Crippen molar-refractivity contribution in [3.63, 3.8) is 0 Å². The molecular formula is C39H31NO2. The van der Waals surface area contributed by atoms with Crippen molar-refractivity contribution in [2.24, 2.45) is 0 Å². The third kappa shape index (κ3) is 6.01. The molecular weight excluding hydrogens is 514 g/mol. The number of aryl methyl sites for hydroxylation is 1. The lowest BCUT2D eigenvalue weighted by molar-refractivity contribution is 0.112. The third-order valence-corrected chi connectivity index (χ3v) is 7.41. The zero-order chi connectivity index (χ0) is 28.7. The Morgan fingerprint density at radius 1 is 0.619 bits per heavy atom. The van der Waals surface area contributed by atoms with Crippen LogP contribution in [0.2, 0.25) is 0 Å². The zero-order valence-corrected chi connectivity index (χ0v) is 23.5. The van der Waals surface area contributed by atoms with Crippen molar-refractivity contribution in [1.29, 1.82) is 0 Å². The summed E-state index contributed by atoms with van der Waals surface area (Å²) in [5, 5.41) is 2.30. The first-order valence-electron chi connectivity index (χ1n) is 14.1. The van der Waals surface area contributed by atoms with Crippen LogP contribution in [0.15, 0.2) is 146 Å². The number of hydrogen-bond donors (Lipinski definition) is 0. The molecule has 0 amide bonds. The molecule has 0 unspecified atom stereocenters. The van der Waals surface area contributed by atoms with E-state index in [0.29, 0.717) is 12.2 Å². The summed E-state index contributed by atoms with van der Waals surface area (Å²) in [4.78, 5) is 13.5. The van der Waals surface area contributed by atoms with Gasteiger partial charge in [0.05, 0.1) is 6.26 Å². The second-order valence-corrected chi connectivity index (χ2v) is 10.3. The zero-order valence-electron chi connectivity index (χ0n) is 23.5. The lowest BCUT2D eigenvalue weighted by Gasteiger charge is -2.26. The molecule has 0 saturated heterocycles. The van der Waals surface area contributed by atoms with Crippen LogP contribution in [0, 0.1) is 6.92 Å². The van der Waals surface area contributed by atoms with Gasteiger partial charge >= 0.3 is 0 Å². The maximum atomic E-state index is 11.2. The van der Waals surface area contributed by atoms with Gasteiger partial charge in [-0.3, -0.25) is 4.79 Å². The largest absolute Gasteiger partial charge is 0.496 e. The van der Waals surface area contributed by atoms with Crippen molar-refractivity contribution in [2.45, 2.75) is 13.5 Å².